The number of hydrogen-bond donors (Lipinski definition) is 1. The Balaban J connectivity index is 2.89. The molecule has 3 nitrogen and oxygen atoms in total. The first-order chi connectivity index (χ1) is 9.91. The van der Waals surface area contributed by atoms with E-state index in [4.69, 9.17) is 14.2 Å². The highest BCUT2D eigenvalue weighted by molar-refractivity contribution is 7.80. The smallest absolute Gasteiger partial charge is 0.0701 e. The van der Waals surface area contributed by atoms with E-state index in [2.05, 4.69) is 19.6 Å². The molecule has 122 valence electrons. The maximum absolute atomic E-state index is 5.53. The van der Waals surface area contributed by atoms with Crippen molar-refractivity contribution >= 4 is 12.6 Å². The van der Waals surface area contributed by atoms with Crippen molar-refractivity contribution in [3.8, 4) is 0 Å². The lowest BCUT2D eigenvalue weighted by molar-refractivity contribution is 0.0167. The number of hydrogen-bond acceptors (Lipinski definition) is 4. The largest absolute Gasteiger partial charge is 0.379 e. The van der Waals surface area contributed by atoms with E-state index in [1.807, 2.05) is 0 Å². The molecule has 0 amide bonds. The van der Waals surface area contributed by atoms with Crippen LogP contribution in [0, 0.1) is 0 Å². The van der Waals surface area contributed by atoms with Crippen LogP contribution in [0.3, 0.4) is 0 Å². The second-order valence-corrected chi connectivity index (χ2v) is 5.48. The molecule has 0 aliphatic carbocycles. The summed E-state index contributed by atoms with van der Waals surface area (Å²) in [5, 5.41) is 0. The molecule has 20 heavy (non-hydrogen) atoms. The van der Waals surface area contributed by atoms with Crippen LogP contribution in [0.2, 0.25) is 0 Å². The fourth-order valence-corrected chi connectivity index (χ4v) is 2.07. The molecule has 0 saturated heterocycles. The molecule has 0 fully saturated rings. The molecule has 0 N–H and O–H groups in total. The summed E-state index contributed by atoms with van der Waals surface area (Å²) in [7, 11) is 0. The zero-order valence-corrected chi connectivity index (χ0v) is 14.2. The highest BCUT2D eigenvalue weighted by Crippen LogP contribution is 2.08. The number of ether oxygens (including phenoxy) is 3. The van der Waals surface area contributed by atoms with E-state index in [-0.39, 0.29) is 0 Å². The molecule has 0 bridgehead atoms. The van der Waals surface area contributed by atoms with Crippen molar-refractivity contribution in [2.75, 3.05) is 45.4 Å². The number of thiol groups is 1. The van der Waals surface area contributed by atoms with Crippen LogP contribution in [-0.2, 0) is 14.2 Å². The normalized spacial score (nSPS) is 11.1. The van der Waals surface area contributed by atoms with Gasteiger partial charge in [-0.05, 0) is 6.42 Å². The second kappa shape index (κ2) is 19.2. The highest BCUT2D eigenvalue weighted by atomic mass is 32.1. The lowest BCUT2D eigenvalue weighted by Gasteiger charge is -2.06. The maximum Gasteiger partial charge on any atom is 0.0701 e. The molecule has 0 rings (SSSR count). The fraction of sp³-hybridized carbons (Fsp3) is 1.00. The van der Waals surface area contributed by atoms with Gasteiger partial charge in [0, 0.05) is 12.4 Å². The van der Waals surface area contributed by atoms with Crippen molar-refractivity contribution in [2.24, 2.45) is 0 Å². The molecule has 0 unspecified atom stereocenters. The molecule has 0 aliphatic heterocycles. The average molecular weight is 307 g/mol. The van der Waals surface area contributed by atoms with Crippen molar-refractivity contribution in [3.05, 3.63) is 0 Å². The van der Waals surface area contributed by atoms with Crippen LogP contribution >= 0.6 is 12.6 Å². The summed E-state index contributed by atoms with van der Waals surface area (Å²) in [5.74, 6) is 0.766. The minimum absolute atomic E-state index is 0.648. The van der Waals surface area contributed by atoms with E-state index in [0.29, 0.717) is 33.0 Å². The van der Waals surface area contributed by atoms with Crippen molar-refractivity contribution in [2.45, 2.75) is 58.3 Å². The molecule has 0 atom stereocenters. The van der Waals surface area contributed by atoms with Gasteiger partial charge >= 0.3 is 0 Å². The van der Waals surface area contributed by atoms with Gasteiger partial charge in [0.05, 0.1) is 33.0 Å². The van der Waals surface area contributed by atoms with Crippen LogP contribution in [0.4, 0.5) is 0 Å². The predicted molar refractivity (Wildman–Crippen MR) is 88.9 cm³/mol. The third kappa shape index (κ3) is 18.2. The standard InChI is InChI=1S/C16H34O3S/c1-2-3-4-5-6-7-8-9-10-17-11-12-18-13-14-19-15-16-20/h20H,2-16H2,1H3. The molecular weight excluding hydrogens is 272 g/mol. The van der Waals surface area contributed by atoms with Crippen molar-refractivity contribution in [1.82, 2.24) is 0 Å². The van der Waals surface area contributed by atoms with Gasteiger partial charge in [0.15, 0.2) is 0 Å². The zero-order chi connectivity index (χ0) is 14.7. The zero-order valence-electron chi connectivity index (χ0n) is 13.3. The Labute approximate surface area is 131 Å². The Hall–Kier alpha value is 0.230. The third-order valence-corrected chi connectivity index (χ3v) is 3.30. The molecule has 0 saturated carbocycles. The van der Waals surface area contributed by atoms with Crippen LogP contribution < -0.4 is 0 Å². The fourth-order valence-electron chi connectivity index (χ4n) is 1.94. The van der Waals surface area contributed by atoms with E-state index < -0.39 is 0 Å². The minimum Gasteiger partial charge on any atom is -0.379 e. The molecular formula is C16H34O3S. The minimum atomic E-state index is 0.648. The Kier molecular flexibility index (Phi) is 19.5. The quantitative estimate of drug-likeness (QED) is 0.324. The average Bonchev–Trinajstić information content (AvgIpc) is 2.47. The van der Waals surface area contributed by atoms with E-state index in [1.54, 1.807) is 0 Å². The Morgan fingerprint density at radius 3 is 1.55 bits per heavy atom. The van der Waals surface area contributed by atoms with Gasteiger partial charge in [0.2, 0.25) is 0 Å². The molecule has 0 spiro atoms. The molecule has 4 heteroatoms. The summed E-state index contributed by atoms with van der Waals surface area (Å²) < 4.78 is 16.2. The molecule has 0 radical (unpaired) electrons. The van der Waals surface area contributed by atoms with E-state index in [1.165, 1.54) is 51.4 Å². The van der Waals surface area contributed by atoms with E-state index in [9.17, 15) is 0 Å². The Morgan fingerprint density at radius 2 is 1.00 bits per heavy atom. The summed E-state index contributed by atoms with van der Waals surface area (Å²) in [6, 6.07) is 0. The summed E-state index contributed by atoms with van der Waals surface area (Å²) in [4.78, 5) is 0. The summed E-state index contributed by atoms with van der Waals surface area (Å²) >= 11 is 4.06. The topological polar surface area (TPSA) is 27.7 Å². The van der Waals surface area contributed by atoms with Crippen molar-refractivity contribution < 1.29 is 14.2 Å². The number of rotatable bonds is 17. The van der Waals surface area contributed by atoms with Gasteiger partial charge in [-0.3, -0.25) is 0 Å². The molecule has 0 heterocycles. The van der Waals surface area contributed by atoms with Gasteiger partial charge in [0.25, 0.3) is 0 Å². The van der Waals surface area contributed by atoms with Crippen LogP contribution in [-0.4, -0.2) is 45.4 Å². The first-order valence-electron chi connectivity index (χ1n) is 8.26. The van der Waals surface area contributed by atoms with Crippen LogP contribution in [0.1, 0.15) is 58.3 Å². The van der Waals surface area contributed by atoms with Gasteiger partial charge in [-0.25, -0.2) is 0 Å². The lowest BCUT2D eigenvalue weighted by atomic mass is 10.1. The predicted octanol–water partition coefficient (Wildman–Crippen LogP) is 4.11. The van der Waals surface area contributed by atoms with Gasteiger partial charge < -0.3 is 14.2 Å². The maximum atomic E-state index is 5.53. The Bertz CT molecular complexity index is 150. The summed E-state index contributed by atoms with van der Waals surface area (Å²) in [6.45, 7) is 6.49. The lowest BCUT2D eigenvalue weighted by Crippen LogP contribution is -2.10. The van der Waals surface area contributed by atoms with Gasteiger partial charge in [-0.2, -0.15) is 12.6 Å². The van der Waals surface area contributed by atoms with E-state index in [0.717, 1.165) is 12.4 Å². The molecule has 0 aromatic carbocycles. The monoisotopic (exact) mass is 306 g/mol. The molecule has 0 aliphatic rings. The van der Waals surface area contributed by atoms with Gasteiger partial charge in [-0.15, -0.1) is 0 Å². The molecule has 0 aromatic rings. The van der Waals surface area contributed by atoms with Crippen molar-refractivity contribution in [1.29, 1.82) is 0 Å². The highest BCUT2D eigenvalue weighted by Gasteiger charge is 1.93. The summed E-state index contributed by atoms with van der Waals surface area (Å²) in [6.07, 6.45) is 10.7. The SMILES string of the molecule is CCCCCCCCCCOCCOCCOCCS. The summed E-state index contributed by atoms with van der Waals surface area (Å²) in [5.41, 5.74) is 0. The second-order valence-electron chi connectivity index (χ2n) is 5.04. The van der Waals surface area contributed by atoms with Crippen LogP contribution in [0.15, 0.2) is 0 Å². The van der Waals surface area contributed by atoms with Gasteiger partial charge in [0.1, 0.15) is 0 Å². The van der Waals surface area contributed by atoms with Crippen molar-refractivity contribution in [3.63, 3.8) is 0 Å². The third-order valence-electron chi connectivity index (χ3n) is 3.12. The first-order valence-corrected chi connectivity index (χ1v) is 8.89. The first kappa shape index (κ1) is 20.2. The van der Waals surface area contributed by atoms with Gasteiger partial charge in [-0.1, -0.05) is 51.9 Å². The van der Waals surface area contributed by atoms with Crippen LogP contribution in [0.5, 0.6) is 0 Å². The number of unbranched alkanes of at least 4 members (excludes halogenated alkanes) is 7. The van der Waals surface area contributed by atoms with E-state index >= 15 is 0 Å². The molecule has 0 aromatic heterocycles. The Morgan fingerprint density at radius 1 is 0.550 bits per heavy atom. The van der Waals surface area contributed by atoms with Crippen LogP contribution in [0.25, 0.3) is 0 Å².